The summed E-state index contributed by atoms with van der Waals surface area (Å²) in [5, 5.41) is 4.18. The maximum atomic E-state index is 6.16. The quantitative estimate of drug-likeness (QED) is 0.912. The minimum Gasteiger partial charge on any atom is -0.495 e. The molecule has 1 aliphatic heterocycles. The molecule has 0 radical (unpaired) electrons. The Morgan fingerprint density at radius 3 is 2.89 bits per heavy atom. The Hall–Kier alpha value is -0.770. The zero-order valence-corrected chi connectivity index (χ0v) is 12.0. The Bertz CT molecular complexity index is 411. The van der Waals surface area contributed by atoms with Crippen LogP contribution in [-0.4, -0.2) is 37.2 Å². The van der Waals surface area contributed by atoms with Crippen LogP contribution in [0.15, 0.2) is 18.2 Å². The highest BCUT2D eigenvalue weighted by Crippen LogP contribution is 2.26. The van der Waals surface area contributed by atoms with Crippen LogP contribution in [-0.2, 0) is 6.54 Å². The van der Waals surface area contributed by atoms with Crippen LogP contribution < -0.4 is 10.1 Å². The first-order chi connectivity index (χ1) is 8.61. The number of nitrogens with one attached hydrogen (secondary N) is 1. The largest absolute Gasteiger partial charge is 0.495 e. The summed E-state index contributed by atoms with van der Waals surface area (Å²) in [4.78, 5) is 2.49. The molecule has 18 heavy (non-hydrogen) atoms. The number of hydrogen-bond acceptors (Lipinski definition) is 3. The van der Waals surface area contributed by atoms with Crippen LogP contribution in [0, 0.1) is 0 Å². The summed E-state index contributed by atoms with van der Waals surface area (Å²) in [5.41, 5.74) is 1.24. The van der Waals surface area contributed by atoms with Crippen molar-refractivity contribution in [2.75, 3.05) is 20.2 Å². The van der Waals surface area contributed by atoms with Gasteiger partial charge in [0.05, 0.1) is 12.1 Å². The van der Waals surface area contributed by atoms with Crippen LogP contribution in [0.1, 0.15) is 19.4 Å². The number of nitrogens with zero attached hydrogens (tertiary/aromatic N) is 1. The molecule has 2 atom stereocenters. The van der Waals surface area contributed by atoms with Crippen LogP contribution in [0.4, 0.5) is 0 Å². The zero-order chi connectivity index (χ0) is 13.1. The van der Waals surface area contributed by atoms with Gasteiger partial charge in [-0.25, -0.2) is 0 Å². The average Bonchev–Trinajstić information content (AvgIpc) is 2.35. The molecule has 1 fully saturated rings. The predicted molar refractivity (Wildman–Crippen MR) is 75.3 cm³/mol. The van der Waals surface area contributed by atoms with Gasteiger partial charge >= 0.3 is 0 Å². The maximum absolute atomic E-state index is 6.16. The molecule has 2 unspecified atom stereocenters. The van der Waals surface area contributed by atoms with Gasteiger partial charge in [-0.1, -0.05) is 17.7 Å². The molecule has 3 nitrogen and oxygen atoms in total. The second kappa shape index (κ2) is 5.91. The Morgan fingerprint density at radius 1 is 1.44 bits per heavy atom. The van der Waals surface area contributed by atoms with Gasteiger partial charge in [0.2, 0.25) is 0 Å². The van der Waals surface area contributed by atoms with Gasteiger partial charge in [0.1, 0.15) is 5.75 Å². The first kappa shape index (κ1) is 13.7. The van der Waals surface area contributed by atoms with E-state index in [1.54, 1.807) is 7.11 Å². The van der Waals surface area contributed by atoms with Gasteiger partial charge in [-0.05, 0) is 31.5 Å². The van der Waals surface area contributed by atoms with Crippen molar-refractivity contribution in [3.63, 3.8) is 0 Å². The third kappa shape index (κ3) is 2.97. The van der Waals surface area contributed by atoms with Crippen LogP contribution in [0.2, 0.25) is 5.02 Å². The normalized spacial score (nSPS) is 25.1. The molecule has 0 amide bonds. The number of benzene rings is 1. The fraction of sp³-hybridized carbons (Fsp3) is 0.571. The molecule has 4 heteroatoms. The highest BCUT2D eigenvalue weighted by atomic mass is 35.5. The highest BCUT2D eigenvalue weighted by molar-refractivity contribution is 6.32. The molecule has 0 aliphatic carbocycles. The minimum atomic E-state index is 0.535. The molecule has 0 bridgehead atoms. The zero-order valence-electron chi connectivity index (χ0n) is 11.2. The van der Waals surface area contributed by atoms with E-state index in [9.17, 15) is 0 Å². The van der Waals surface area contributed by atoms with Gasteiger partial charge in [0.15, 0.2) is 0 Å². The molecule has 1 aliphatic rings. The van der Waals surface area contributed by atoms with Gasteiger partial charge in [-0.3, -0.25) is 4.90 Å². The Labute approximate surface area is 114 Å². The van der Waals surface area contributed by atoms with E-state index in [1.165, 1.54) is 5.56 Å². The monoisotopic (exact) mass is 268 g/mol. The maximum Gasteiger partial charge on any atom is 0.137 e. The van der Waals surface area contributed by atoms with Gasteiger partial charge in [0.25, 0.3) is 0 Å². The molecule has 1 saturated heterocycles. The molecule has 0 saturated carbocycles. The number of halogens is 1. The van der Waals surface area contributed by atoms with E-state index < -0.39 is 0 Å². The lowest BCUT2D eigenvalue weighted by Gasteiger charge is -2.38. The van der Waals surface area contributed by atoms with Crippen molar-refractivity contribution in [1.82, 2.24) is 10.2 Å². The predicted octanol–water partition coefficient (Wildman–Crippen LogP) is 2.53. The lowest BCUT2D eigenvalue weighted by Crippen LogP contribution is -2.54. The molecular weight excluding hydrogens is 248 g/mol. The van der Waals surface area contributed by atoms with Gasteiger partial charge in [-0.2, -0.15) is 0 Å². The van der Waals surface area contributed by atoms with Crippen molar-refractivity contribution in [1.29, 1.82) is 0 Å². The minimum absolute atomic E-state index is 0.535. The average molecular weight is 269 g/mol. The SMILES string of the molecule is COc1ccc(CN2CCNC(C)C2C)cc1Cl. The van der Waals surface area contributed by atoms with Gasteiger partial charge in [-0.15, -0.1) is 0 Å². The summed E-state index contributed by atoms with van der Waals surface area (Å²) in [6, 6.07) is 7.10. The lowest BCUT2D eigenvalue weighted by atomic mass is 10.1. The highest BCUT2D eigenvalue weighted by Gasteiger charge is 2.24. The molecule has 1 aromatic rings. The molecule has 100 valence electrons. The Balaban J connectivity index is 2.06. The third-order valence-corrected chi connectivity index (χ3v) is 4.06. The second-order valence-electron chi connectivity index (χ2n) is 4.92. The molecule has 1 aromatic carbocycles. The van der Waals surface area contributed by atoms with Crippen molar-refractivity contribution >= 4 is 11.6 Å². The summed E-state index contributed by atoms with van der Waals surface area (Å²) in [6.07, 6.45) is 0. The molecular formula is C14H21ClN2O. The van der Waals surface area contributed by atoms with Crippen molar-refractivity contribution < 1.29 is 4.74 Å². The number of hydrogen-bond donors (Lipinski definition) is 1. The molecule has 0 spiro atoms. The third-order valence-electron chi connectivity index (χ3n) is 3.77. The Kier molecular flexibility index (Phi) is 4.49. The van der Waals surface area contributed by atoms with Gasteiger partial charge in [0, 0.05) is 31.7 Å². The molecule has 0 aromatic heterocycles. The van der Waals surface area contributed by atoms with Crippen molar-refractivity contribution in [2.45, 2.75) is 32.5 Å². The summed E-state index contributed by atoms with van der Waals surface area (Å²) in [7, 11) is 1.64. The van der Waals surface area contributed by atoms with Crippen LogP contribution in [0.25, 0.3) is 0 Å². The summed E-state index contributed by atoms with van der Waals surface area (Å²) in [5.74, 6) is 0.738. The summed E-state index contributed by atoms with van der Waals surface area (Å²) >= 11 is 6.16. The second-order valence-corrected chi connectivity index (χ2v) is 5.33. The van der Waals surface area contributed by atoms with Crippen LogP contribution in [0.5, 0.6) is 5.75 Å². The van der Waals surface area contributed by atoms with E-state index >= 15 is 0 Å². The number of rotatable bonds is 3. The van der Waals surface area contributed by atoms with Crippen LogP contribution >= 0.6 is 11.6 Å². The van der Waals surface area contributed by atoms with Crippen LogP contribution in [0.3, 0.4) is 0 Å². The van der Waals surface area contributed by atoms with Crippen molar-refractivity contribution in [3.05, 3.63) is 28.8 Å². The number of ether oxygens (including phenoxy) is 1. The van der Waals surface area contributed by atoms with Gasteiger partial charge < -0.3 is 10.1 Å². The fourth-order valence-corrected chi connectivity index (χ4v) is 2.67. The first-order valence-corrected chi connectivity index (χ1v) is 6.79. The topological polar surface area (TPSA) is 24.5 Å². The smallest absolute Gasteiger partial charge is 0.137 e. The van der Waals surface area contributed by atoms with E-state index in [0.29, 0.717) is 17.1 Å². The van der Waals surface area contributed by atoms with E-state index in [2.05, 4.69) is 30.1 Å². The van der Waals surface area contributed by atoms with Crippen molar-refractivity contribution in [3.8, 4) is 5.75 Å². The number of methoxy groups -OCH3 is 1. The molecule has 2 rings (SSSR count). The van der Waals surface area contributed by atoms with E-state index in [4.69, 9.17) is 16.3 Å². The van der Waals surface area contributed by atoms with E-state index in [1.807, 2.05) is 12.1 Å². The molecule has 1 N–H and O–H groups in total. The summed E-state index contributed by atoms with van der Waals surface area (Å²) in [6.45, 7) is 7.57. The first-order valence-electron chi connectivity index (χ1n) is 6.41. The fourth-order valence-electron chi connectivity index (χ4n) is 2.39. The van der Waals surface area contributed by atoms with Crippen molar-refractivity contribution in [2.24, 2.45) is 0 Å². The standard InChI is InChI=1S/C14H21ClN2O/c1-10-11(2)17(7-6-16-10)9-12-4-5-14(18-3)13(15)8-12/h4-5,8,10-11,16H,6-7,9H2,1-3H3. The summed E-state index contributed by atoms with van der Waals surface area (Å²) < 4.78 is 5.17. The van der Waals surface area contributed by atoms with E-state index in [0.717, 1.165) is 25.4 Å². The van der Waals surface area contributed by atoms with E-state index in [-0.39, 0.29) is 0 Å². The Morgan fingerprint density at radius 2 is 2.22 bits per heavy atom. The number of piperazine rings is 1. The molecule has 1 heterocycles. The lowest BCUT2D eigenvalue weighted by molar-refractivity contribution is 0.131.